The number of rotatable bonds is 8. The van der Waals surface area contributed by atoms with Crippen molar-refractivity contribution in [2.45, 2.75) is 39.5 Å². The SMILES string of the molecule is CCOc1c(Cl)cc(/C=N\n2c(C(CC)CC)n[nH]c2=S)cc1OC. The molecule has 1 aromatic heterocycles. The number of aromatic amines is 1. The third-order valence-corrected chi connectivity index (χ3v) is 4.43. The van der Waals surface area contributed by atoms with Crippen LogP contribution in [0.1, 0.15) is 50.9 Å². The Morgan fingerprint density at radius 1 is 1.36 bits per heavy atom. The molecule has 0 radical (unpaired) electrons. The smallest absolute Gasteiger partial charge is 0.216 e. The number of nitrogens with zero attached hydrogens (tertiary/aromatic N) is 3. The first kappa shape index (κ1) is 19.5. The summed E-state index contributed by atoms with van der Waals surface area (Å²) in [7, 11) is 1.58. The van der Waals surface area contributed by atoms with Crippen LogP contribution in [0.15, 0.2) is 17.2 Å². The maximum atomic E-state index is 6.30. The molecule has 2 aromatic rings. The maximum absolute atomic E-state index is 6.30. The second-order valence-corrected chi connectivity index (χ2v) is 6.22. The van der Waals surface area contributed by atoms with Gasteiger partial charge in [0.05, 0.1) is 25.0 Å². The molecule has 0 spiro atoms. The van der Waals surface area contributed by atoms with Crippen LogP contribution in [0.5, 0.6) is 11.5 Å². The summed E-state index contributed by atoms with van der Waals surface area (Å²) in [5, 5.41) is 12.1. The molecule has 0 atom stereocenters. The van der Waals surface area contributed by atoms with E-state index in [1.807, 2.05) is 13.0 Å². The number of halogens is 1. The van der Waals surface area contributed by atoms with E-state index in [0.29, 0.717) is 33.8 Å². The Bertz CT molecular complexity index is 796. The Hall–Kier alpha value is -1.86. The Balaban J connectivity index is 2.39. The van der Waals surface area contributed by atoms with E-state index < -0.39 is 0 Å². The van der Waals surface area contributed by atoms with Crippen molar-refractivity contribution in [2.75, 3.05) is 13.7 Å². The van der Waals surface area contributed by atoms with E-state index in [1.165, 1.54) is 0 Å². The second kappa shape index (κ2) is 9.01. The number of aromatic nitrogens is 3. The van der Waals surface area contributed by atoms with Crippen LogP contribution in [0.2, 0.25) is 5.02 Å². The second-order valence-electron chi connectivity index (χ2n) is 5.42. The summed E-state index contributed by atoms with van der Waals surface area (Å²) in [6.45, 7) is 6.64. The quantitative estimate of drug-likeness (QED) is 0.526. The molecule has 0 unspecified atom stereocenters. The molecule has 0 aliphatic carbocycles. The van der Waals surface area contributed by atoms with Crippen LogP contribution in [0.25, 0.3) is 0 Å². The monoisotopic (exact) mass is 382 g/mol. The lowest BCUT2D eigenvalue weighted by Gasteiger charge is -2.12. The molecule has 0 saturated heterocycles. The summed E-state index contributed by atoms with van der Waals surface area (Å²) in [4.78, 5) is 0. The molecule has 2 rings (SSSR count). The average molecular weight is 383 g/mol. The molecule has 0 fully saturated rings. The molecular weight excluding hydrogens is 360 g/mol. The van der Waals surface area contributed by atoms with Gasteiger partial charge >= 0.3 is 0 Å². The number of hydrogen-bond acceptors (Lipinski definition) is 5. The summed E-state index contributed by atoms with van der Waals surface area (Å²) < 4.78 is 13.0. The molecule has 1 heterocycles. The van der Waals surface area contributed by atoms with Crippen molar-refractivity contribution in [3.8, 4) is 11.5 Å². The fourth-order valence-corrected chi connectivity index (χ4v) is 3.02. The molecule has 1 N–H and O–H groups in total. The van der Waals surface area contributed by atoms with E-state index >= 15 is 0 Å². The molecule has 136 valence electrons. The lowest BCUT2D eigenvalue weighted by Crippen LogP contribution is -2.05. The third kappa shape index (κ3) is 4.41. The van der Waals surface area contributed by atoms with Gasteiger partial charge in [0.2, 0.25) is 4.77 Å². The van der Waals surface area contributed by atoms with Gasteiger partial charge in [-0.25, -0.2) is 0 Å². The van der Waals surface area contributed by atoms with Gasteiger partial charge in [0.25, 0.3) is 0 Å². The summed E-state index contributed by atoms with van der Waals surface area (Å²) in [5.74, 6) is 2.21. The van der Waals surface area contributed by atoms with Crippen LogP contribution in [0, 0.1) is 4.77 Å². The number of benzene rings is 1. The number of methoxy groups -OCH3 is 1. The minimum absolute atomic E-state index is 0.295. The fourth-order valence-electron chi connectivity index (χ4n) is 2.56. The van der Waals surface area contributed by atoms with Gasteiger partial charge in [0.1, 0.15) is 0 Å². The Labute approximate surface area is 157 Å². The van der Waals surface area contributed by atoms with Crippen LogP contribution in [-0.4, -0.2) is 34.8 Å². The van der Waals surface area contributed by atoms with Gasteiger partial charge in [0.15, 0.2) is 17.3 Å². The van der Waals surface area contributed by atoms with E-state index in [9.17, 15) is 0 Å². The number of H-pyrrole nitrogens is 1. The van der Waals surface area contributed by atoms with Crippen molar-refractivity contribution in [2.24, 2.45) is 5.10 Å². The van der Waals surface area contributed by atoms with E-state index in [4.69, 9.17) is 33.3 Å². The highest BCUT2D eigenvalue weighted by molar-refractivity contribution is 7.71. The number of ether oxygens (including phenoxy) is 2. The van der Waals surface area contributed by atoms with Crippen molar-refractivity contribution in [1.29, 1.82) is 0 Å². The predicted octanol–water partition coefficient (Wildman–Crippen LogP) is 4.79. The van der Waals surface area contributed by atoms with Gasteiger partial charge < -0.3 is 9.47 Å². The number of nitrogens with one attached hydrogen (secondary N) is 1. The maximum Gasteiger partial charge on any atom is 0.216 e. The first-order valence-corrected chi connectivity index (χ1v) is 9.06. The number of hydrogen-bond donors (Lipinski definition) is 1. The Kier molecular flexibility index (Phi) is 7.01. The summed E-state index contributed by atoms with van der Waals surface area (Å²) in [5.41, 5.74) is 0.781. The molecule has 0 amide bonds. The molecule has 0 aliphatic heterocycles. The van der Waals surface area contributed by atoms with E-state index in [0.717, 1.165) is 24.2 Å². The van der Waals surface area contributed by atoms with Crippen LogP contribution >= 0.6 is 23.8 Å². The zero-order chi connectivity index (χ0) is 18.4. The van der Waals surface area contributed by atoms with Gasteiger partial charge in [-0.3, -0.25) is 5.10 Å². The lowest BCUT2D eigenvalue weighted by molar-refractivity contribution is 0.311. The van der Waals surface area contributed by atoms with Crippen LogP contribution < -0.4 is 9.47 Å². The average Bonchev–Trinajstić information content (AvgIpc) is 2.97. The van der Waals surface area contributed by atoms with Crippen molar-refractivity contribution >= 4 is 30.0 Å². The van der Waals surface area contributed by atoms with Crippen molar-refractivity contribution in [1.82, 2.24) is 14.9 Å². The van der Waals surface area contributed by atoms with Crippen molar-refractivity contribution in [3.05, 3.63) is 33.3 Å². The zero-order valence-corrected chi connectivity index (χ0v) is 16.4. The molecule has 6 nitrogen and oxygen atoms in total. The van der Waals surface area contributed by atoms with E-state index in [-0.39, 0.29) is 0 Å². The first-order valence-electron chi connectivity index (χ1n) is 8.27. The molecule has 0 bridgehead atoms. The van der Waals surface area contributed by atoms with Gasteiger partial charge in [-0.05, 0) is 49.7 Å². The molecule has 0 aliphatic rings. The highest BCUT2D eigenvalue weighted by Gasteiger charge is 2.15. The van der Waals surface area contributed by atoms with Crippen LogP contribution in [0.3, 0.4) is 0 Å². The first-order chi connectivity index (χ1) is 12.0. The Morgan fingerprint density at radius 3 is 2.68 bits per heavy atom. The largest absolute Gasteiger partial charge is 0.493 e. The molecule has 1 aromatic carbocycles. The minimum Gasteiger partial charge on any atom is -0.493 e. The van der Waals surface area contributed by atoms with Gasteiger partial charge in [-0.15, -0.1) is 0 Å². The molecule has 0 saturated carbocycles. The minimum atomic E-state index is 0.295. The molecule has 8 heteroatoms. The lowest BCUT2D eigenvalue weighted by atomic mass is 10.0. The van der Waals surface area contributed by atoms with Crippen LogP contribution in [-0.2, 0) is 0 Å². The highest BCUT2D eigenvalue weighted by Crippen LogP contribution is 2.36. The zero-order valence-electron chi connectivity index (χ0n) is 14.9. The fraction of sp³-hybridized carbons (Fsp3) is 0.471. The van der Waals surface area contributed by atoms with Gasteiger partial charge in [-0.1, -0.05) is 25.4 Å². The Morgan fingerprint density at radius 2 is 2.08 bits per heavy atom. The topological polar surface area (TPSA) is 64.4 Å². The van der Waals surface area contributed by atoms with E-state index in [1.54, 1.807) is 24.1 Å². The third-order valence-electron chi connectivity index (χ3n) is 3.89. The van der Waals surface area contributed by atoms with Crippen molar-refractivity contribution < 1.29 is 9.47 Å². The predicted molar refractivity (Wildman–Crippen MR) is 103 cm³/mol. The summed E-state index contributed by atoms with van der Waals surface area (Å²) >= 11 is 11.6. The van der Waals surface area contributed by atoms with Gasteiger partial charge in [-0.2, -0.15) is 14.9 Å². The highest BCUT2D eigenvalue weighted by atomic mass is 35.5. The summed E-state index contributed by atoms with van der Waals surface area (Å²) in [6, 6.07) is 3.60. The molecular formula is C17H23ClN4O2S. The summed E-state index contributed by atoms with van der Waals surface area (Å²) in [6.07, 6.45) is 3.62. The molecule has 25 heavy (non-hydrogen) atoms. The standard InChI is InChI=1S/C17H23ClN4O2S/c1-5-12(6-2)16-20-21-17(25)22(16)19-10-11-8-13(18)15(24-7-3)14(9-11)23-4/h8-10,12H,5-7H2,1-4H3,(H,21,25)/b19-10-. The van der Waals surface area contributed by atoms with Gasteiger partial charge in [0, 0.05) is 5.92 Å². The normalized spacial score (nSPS) is 11.4. The van der Waals surface area contributed by atoms with Crippen LogP contribution in [0.4, 0.5) is 0 Å². The van der Waals surface area contributed by atoms with E-state index in [2.05, 4.69) is 29.1 Å². The van der Waals surface area contributed by atoms with Crippen molar-refractivity contribution in [3.63, 3.8) is 0 Å².